The second-order valence-electron chi connectivity index (χ2n) is 4.92. The van der Waals surface area contributed by atoms with Crippen LogP contribution in [0.2, 0.25) is 0 Å². The number of carbonyl (C=O) groups excluding carboxylic acids is 2. The second kappa shape index (κ2) is 9.07. The minimum absolute atomic E-state index is 0.0328. The summed E-state index contributed by atoms with van der Waals surface area (Å²) in [5, 5.41) is 13.9. The van der Waals surface area contributed by atoms with Gasteiger partial charge in [0.25, 0.3) is 0 Å². The number of rotatable bonds is 8. The molecule has 0 bridgehead atoms. The summed E-state index contributed by atoms with van der Waals surface area (Å²) in [7, 11) is 0. The molecule has 116 valence electrons. The minimum atomic E-state index is -0.393. The third-order valence-electron chi connectivity index (χ3n) is 2.90. The zero-order chi connectivity index (χ0) is 15.7. The molecule has 5 nitrogen and oxygen atoms in total. The summed E-state index contributed by atoms with van der Waals surface area (Å²) in [5.41, 5.74) is 0.559. The minimum Gasteiger partial charge on any atom is -0.396 e. The van der Waals surface area contributed by atoms with Crippen LogP contribution in [0.3, 0.4) is 0 Å². The molecule has 1 aromatic carbocycles. The van der Waals surface area contributed by atoms with E-state index in [0.29, 0.717) is 18.4 Å². The van der Waals surface area contributed by atoms with Crippen LogP contribution >= 0.6 is 0 Å². The molecular formula is C15H21FN2O3. The van der Waals surface area contributed by atoms with Gasteiger partial charge in [-0.1, -0.05) is 12.1 Å². The van der Waals surface area contributed by atoms with Gasteiger partial charge in [-0.3, -0.25) is 9.59 Å². The maximum atomic E-state index is 13.0. The number of amides is 2. The average molecular weight is 296 g/mol. The summed E-state index contributed by atoms with van der Waals surface area (Å²) in [6.45, 7) is 1.81. The lowest BCUT2D eigenvalue weighted by atomic mass is 10.1. The standard InChI is InChI=1S/C15H21FN2O3/c1-11(4-3-7-19)18-15(21)10-17-14(20)9-12-5-2-6-13(16)8-12/h2,5-6,8,11,19H,3-4,7,9-10H2,1H3,(H,17,20)(H,18,21). The van der Waals surface area contributed by atoms with E-state index in [9.17, 15) is 14.0 Å². The Kier molecular flexibility index (Phi) is 7.39. The Hall–Kier alpha value is -1.95. The van der Waals surface area contributed by atoms with E-state index in [1.807, 2.05) is 6.92 Å². The Balaban J connectivity index is 2.27. The maximum absolute atomic E-state index is 13.0. The van der Waals surface area contributed by atoms with E-state index in [0.717, 1.165) is 0 Å². The van der Waals surface area contributed by atoms with E-state index in [2.05, 4.69) is 10.6 Å². The molecule has 0 spiro atoms. The van der Waals surface area contributed by atoms with Crippen LogP contribution in [0.4, 0.5) is 4.39 Å². The number of hydrogen-bond acceptors (Lipinski definition) is 3. The largest absolute Gasteiger partial charge is 0.396 e. The fraction of sp³-hybridized carbons (Fsp3) is 0.467. The van der Waals surface area contributed by atoms with Crippen LogP contribution in [-0.2, 0) is 16.0 Å². The molecule has 1 unspecified atom stereocenters. The van der Waals surface area contributed by atoms with Gasteiger partial charge in [-0.25, -0.2) is 4.39 Å². The first-order chi connectivity index (χ1) is 10.0. The fourth-order valence-electron chi connectivity index (χ4n) is 1.87. The molecular weight excluding hydrogens is 275 g/mol. The van der Waals surface area contributed by atoms with Crippen molar-refractivity contribution in [2.24, 2.45) is 0 Å². The summed E-state index contributed by atoms with van der Waals surface area (Å²) >= 11 is 0. The molecule has 0 fully saturated rings. The third kappa shape index (κ3) is 7.41. The van der Waals surface area contributed by atoms with Crippen molar-refractivity contribution >= 4 is 11.8 Å². The Morgan fingerprint density at radius 3 is 2.76 bits per heavy atom. The van der Waals surface area contributed by atoms with Gasteiger partial charge in [-0.2, -0.15) is 0 Å². The molecule has 1 aromatic rings. The molecule has 2 amide bonds. The van der Waals surface area contributed by atoms with Gasteiger partial charge in [0.1, 0.15) is 5.82 Å². The Labute approximate surface area is 123 Å². The van der Waals surface area contributed by atoms with Crippen molar-refractivity contribution in [2.75, 3.05) is 13.2 Å². The normalized spacial score (nSPS) is 11.8. The van der Waals surface area contributed by atoms with Gasteiger partial charge in [0.05, 0.1) is 13.0 Å². The summed E-state index contributed by atoms with van der Waals surface area (Å²) in [6.07, 6.45) is 1.33. The van der Waals surface area contributed by atoms with Gasteiger partial charge >= 0.3 is 0 Å². The highest BCUT2D eigenvalue weighted by atomic mass is 19.1. The van der Waals surface area contributed by atoms with E-state index in [-0.39, 0.29) is 37.4 Å². The molecule has 6 heteroatoms. The highest BCUT2D eigenvalue weighted by Gasteiger charge is 2.09. The number of benzene rings is 1. The van der Waals surface area contributed by atoms with Crippen molar-refractivity contribution < 1.29 is 19.1 Å². The molecule has 0 saturated carbocycles. The summed E-state index contributed by atoms with van der Waals surface area (Å²) in [6, 6.07) is 5.73. The van der Waals surface area contributed by atoms with Gasteiger partial charge in [0, 0.05) is 12.6 Å². The highest BCUT2D eigenvalue weighted by molar-refractivity contribution is 5.85. The Bertz CT molecular complexity index is 480. The zero-order valence-electron chi connectivity index (χ0n) is 12.1. The first-order valence-corrected chi connectivity index (χ1v) is 6.92. The van der Waals surface area contributed by atoms with Gasteiger partial charge in [-0.05, 0) is 37.5 Å². The van der Waals surface area contributed by atoms with E-state index >= 15 is 0 Å². The maximum Gasteiger partial charge on any atom is 0.239 e. The molecule has 0 aliphatic heterocycles. The zero-order valence-corrected chi connectivity index (χ0v) is 12.1. The number of hydrogen-bond donors (Lipinski definition) is 3. The quantitative estimate of drug-likeness (QED) is 0.663. The van der Waals surface area contributed by atoms with Gasteiger partial charge in [0.2, 0.25) is 11.8 Å². The molecule has 0 saturated heterocycles. The number of carbonyl (C=O) groups is 2. The van der Waals surface area contributed by atoms with Crippen LogP contribution in [0, 0.1) is 5.82 Å². The first kappa shape index (κ1) is 17.1. The summed E-state index contributed by atoms with van der Waals surface area (Å²) < 4.78 is 13.0. The van der Waals surface area contributed by atoms with Crippen LogP contribution in [-0.4, -0.2) is 36.1 Å². The predicted molar refractivity (Wildman–Crippen MR) is 77.0 cm³/mol. The number of nitrogens with one attached hydrogen (secondary N) is 2. The molecule has 0 heterocycles. The fourth-order valence-corrected chi connectivity index (χ4v) is 1.87. The topological polar surface area (TPSA) is 78.4 Å². The molecule has 21 heavy (non-hydrogen) atoms. The smallest absolute Gasteiger partial charge is 0.239 e. The lowest BCUT2D eigenvalue weighted by Gasteiger charge is -2.13. The van der Waals surface area contributed by atoms with Crippen LogP contribution in [0.1, 0.15) is 25.3 Å². The van der Waals surface area contributed by atoms with Crippen LogP contribution in [0.25, 0.3) is 0 Å². The van der Waals surface area contributed by atoms with Crippen LogP contribution in [0.5, 0.6) is 0 Å². The average Bonchev–Trinajstić information content (AvgIpc) is 2.43. The summed E-state index contributed by atoms with van der Waals surface area (Å²) in [5.74, 6) is -1.01. The van der Waals surface area contributed by atoms with E-state index in [4.69, 9.17) is 5.11 Å². The number of aliphatic hydroxyl groups is 1. The molecule has 3 N–H and O–H groups in total. The first-order valence-electron chi connectivity index (χ1n) is 6.92. The van der Waals surface area contributed by atoms with Gasteiger partial charge in [0.15, 0.2) is 0 Å². The Morgan fingerprint density at radius 2 is 2.10 bits per heavy atom. The predicted octanol–water partition coefficient (Wildman–Crippen LogP) is 0.762. The number of halogens is 1. The number of aliphatic hydroxyl groups excluding tert-OH is 1. The molecule has 1 rings (SSSR count). The van der Waals surface area contributed by atoms with Crippen molar-refractivity contribution in [3.63, 3.8) is 0 Å². The van der Waals surface area contributed by atoms with Crippen molar-refractivity contribution in [1.29, 1.82) is 0 Å². The lowest BCUT2D eigenvalue weighted by molar-refractivity contribution is -0.126. The van der Waals surface area contributed by atoms with Crippen LogP contribution < -0.4 is 10.6 Å². The van der Waals surface area contributed by atoms with Crippen molar-refractivity contribution in [3.8, 4) is 0 Å². The van der Waals surface area contributed by atoms with Gasteiger partial charge < -0.3 is 15.7 Å². The van der Waals surface area contributed by atoms with Gasteiger partial charge in [-0.15, -0.1) is 0 Å². The third-order valence-corrected chi connectivity index (χ3v) is 2.90. The van der Waals surface area contributed by atoms with E-state index in [1.165, 1.54) is 18.2 Å². The Morgan fingerprint density at radius 1 is 1.33 bits per heavy atom. The van der Waals surface area contributed by atoms with E-state index in [1.54, 1.807) is 6.07 Å². The molecule has 1 atom stereocenters. The molecule has 0 radical (unpaired) electrons. The molecule has 0 aromatic heterocycles. The van der Waals surface area contributed by atoms with E-state index < -0.39 is 5.82 Å². The molecule has 0 aliphatic rings. The van der Waals surface area contributed by atoms with Crippen molar-refractivity contribution in [2.45, 2.75) is 32.2 Å². The summed E-state index contributed by atoms with van der Waals surface area (Å²) in [4.78, 5) is 23.2. The highest BCUT2D eigenvalue weighted by Crippen LogP contribution is 2.03. The monoisotopic (exact) mass is 296 g/mol. The second-order valence-corrected chi connectivity index (χ2v) is 4.92. The SMILES string of the molecule is CC(CCCO)NC(=O)CNC(=O)Cc1cccc(F)c1. The van der Waals surface area contributed by atoms with Crippen molar-refractivity contribution in [3.05, 3.63) is 35.6 Å². The lowest BCUT2D eigenvalue weighted by Crippen LogP contribution is -2.41. The van der Waals surface area contributed by atoms with Crippen LogP contribution in [0.15, 0.2) is 24.3 Å². The van der Waals surface area contributed by atoms with Crippen molar-refractivity contribution in [1.82, 2.24) is 10.6 Å². The molecule has 0 aliphatic carbocycles.